The van der Waals surface area contributed by atoms with Crippen molar-refractivity contribution < 1.29 is 18.0 Å². The van der Waals surface area contributed by atoms with Gasteiger partial charge in [0, 0.05) is 6.04 Å². The molecule has 4 nitrogen and oxygen atoms in total. The zero-order valence-corrected chi connectivity index (χ0v) is 8.71. The molecule has 0 aliphatic rings. The molecule has 90 valence electrons. The van der Waals surface area contributed by atoms with Crippen LogP contribution in [0.3, 0.4) is 0 Å². The van der Waals surface area contributed by atoms with Crippen molar-refractivity contribution in [3.05, 3.63) is 0 Å². The van der Waals surface area contributed by atoms with Gasteiger partial charge in [0.05, 0.1) is 6.54 Å². The third-order valence-corrected chi connectivity index (χ3v) is 2.09. The molecule has 2 atom stereocenters. The van der Waals surface area contributed by atoms with Gasteiger partial charge in [0.15, 0.2) is 0 Å². The molecule has 2 unspecified atom stereocenters. The van der Waals surface area contributed by atoms with E-state index in [1.807, 2.05) is 0 Å². The molecular weight excluding hydrogens is 211 g/mol. The second-order valence-corrected chi connectivity index (χ2v) is 3.44. The van der Waals surface area contributed by atoms with Gasteiger partial charge in [0.2, 0.25) is 5.91 Å². The molecule has 1 amide bonds. The number of primary amides is 1. The summed E-state index contributed by atoms with van der Waals surface area (Å²) in [5.74, 6) is -0.810. The van der Waals surface area contributed by atoms with Gasteiger partial charge in [-0.15, -0.1) is 0 Å². The third kappa shape index (κ3) is 4.48. The summed E-state index contributed by atoms with van der Waals surface area (Å²) in [7, 11) is 1.18. The smallest absolute Gasteiger partial charge is 0.369 e. The SMILES string of the molecule is CCC(N)C(N(C)CC(N)=O)C(F)(F)F. The summed E-state index contributed by atoms with van der Waals surface area (Å²) in [5.41, 5.74) is 10.2. The quantitative estimate of drug-likeness (QED) is 0.698. The standard InChI is InChI=1S/C8H16F3N3O/c1-3-5(12)7(8(9,10)11)14(2)4-6(13)15/h5,7H,3-4,12H2,1-2H3,(H2,13,15). The van der Waals surface area contributed by atoms with Gasteiger partial charge in [-0.25, -0.2) is 0 Å². The molecule has 0 aromatic carbocycles. The van der Waals surface area contributed by atoms with E-state index in [2.05, 4.69) is 0 Å². The van der Waals surface area contributed by atoms with E-state index in [0.717, 1.165) is 4.90 Å². The zero-order chi connectivity index (χ0) is 12.2. The number of likely N-dealkylation sites (N-methyl/N-ethyl adjacent to an activating group) is 1. The minimum absolute atomic E-state index is 0.174. The molecule has 0 radical (unpaired) electrons. The fourth-order valence-electron chi connectivity index (χ4n) is 1.39. The van der Waals surface area contributed by atoms with Crippen LogP contribution in [0.15, 0.2) is 0 Å². The highest BCUT2D eigenvalue weighted by molar-refractivity contribution is 5.75. The minimum Gasteiger partial charge on any atom is -0.369 e. The van der Waals surface area contributed by atoms with Crippen molar-refractivity contribution in [2.75, 3.05) is 13.6 Å². The maximum atomic E-state index is 12.6. The molecule has 0 saturated carbocycles. The first-order valence-corrected chi connectivity index (χ1v) is 4.51. The van der Waals surface area contributed by atoms with Crippen LogP contribution in [-0.4, -0.2) is 42.7 Å². The number of hydrogen-bond donors (Lipinski definition) is 2. The average molecular weight is 227 g/mol. The molecular formula is C8H16F3N3O. The predicted molar refractivity (Wildman–Crippen MR) is 49.9 cm³/mol. The predicted octanol–water partition coefficient (Wildman–Crippen LogP) is 0.0717. The molecule has 15 heavy (non-hydrogen) atoms. The maximum Gasteiger partial charge on any atom is 0.405 e. The molecule has 0 heterocycles. The molecule has 4 N–H and O–H groups in total. The molecule has 0 bridgehead atoms. The number of alkyl halides is 3. The number of carbonyl (C=O) groups is 1. The van der Waals surface area contributed by atoms with Gasteiger partial charge in [-0.3, -0.25) is 9.69 Å². The Balaban J connectivity index is 4.70. The number of carbonyl (C=O) groups excluding carboxylic acids is 1. The topological polar surface area (TPSA) is 72.3 Å². The number of halogens is 3. The normalized spacial score (nSPS) is 16.5. The van der Waals surface area contributed by atoms with Crippen LogP contribution in [0.2, 0.25) is 0 Å². The molecule has 0 spiro atoms. The molecule has 0 aromatic rings. The van der Waals surface area contributed by atoms with E-state index in [9.17, 15) is 18.0 Å². The molecule has 0 rings (SSSR count). The minimum atomic E-state index is -4.46. The lowest BCUT2D eigenvalue weighted by atomic mass is 10.0. The van der Waals surface area contributed by atoms with Crippen LogP contribution >= 0.6 is 0 Å². The summed E-state index contributed by atoms with van der Waals surface area (Å²) in [6, 6.07) is -2.90. The van der Waals surface area contributed by atoms with Gasteiger partial charge >= 0.3 is 6.18 Å². The molecule has 0 saturated heterocycles. The van der Waals surface area contributed by atoms with Gasteiger partial charge in [0.1, 0.15) is 6.04 Å². The third-order valence-electron chi connectivity index (χ3n) is 2.09. The second kappa shape index (κ2) is 5.32. The van der Waals surface area contributed by atoms with Gasteiger partial charge < -0.3 is 11.5 Å². The van der Waals surface area contributed by atoms with Crippen LogP contribution in [0.5, 0.6) is 0 Å². The fourth-order valence-corrected chi connectivity index (χ4v) is 1.39. The Hall–Kier alpha value is -0.820. The van der Waals surface area contributed by atoms with Crippen molar-refractivity contribution >= 4 is 5.91 Å². The van der Waals surface area contributed by atoms with E-state index in [-0.39, 0.29) is 6.42 Å². The van der Waals surface area contributed by atoms with E-state index >= 15 is 0 Å². The van der Waals surface area contributed by atoms with Crippen LogP contribution in [0.4, 0.5) is 13.2 Å². The van der Waals surface area contributed by atoms with Crippen molar-refractivity contribution in [2.45, 2.75) is 31.6 Å². The van der Waals surface area contributed by atoms with Crippen molar-refractivity contribution in [1.29, 1.82) is 0 Å². The molecule has 0 aromatic heterocycles. The Morgan fingerprint density at radius 1 is 1.47 bits per heavy atom. The highest BCUT2D eigenvalue weighted by Gasteiger charge is 2.45. The molecule has 0 aliphatic heterocycles. The van der Waals surface area contributed by atoms with Gasteiger partial charge in [-0.1, -0.05) is 6.92 Å². The highest BCUT2D eigenvalue weighted by atomic mass is 19.4. The number of hydrogen-bond acceptors (Lipinski definition) is 3. The summed E-state index contributed by atoms with van der Waals surface area (Å²) in [6.07, 6.45) is -4.28. The second-order valence-electron chi connectivity index (χ2n) is 3.44. The van der Waals surface area contributed by atoms with Gasteiger partial charge in [-0.2, -0.15) is 13.2 Å². The fraction of sp³-hybridized carbons (Fsp3) is 0.875. The summed E-state index contributed by atoms with van der Waals surface area (Å²) < 4.78 is 37.8. The first kappa shape index (κ1) is 14.2. The average Bonchev–Trinajstić information content (AvgIpc) is 1.99. The summed E-state index contributed by atoms with van der Waals surface area (Å²) in [6.45, 7) is 1.10. The summed E-state index contributed by atoms with van der Waals surface area (Å²) >= 11 is 0. The van der Waals surface area contributed by atoms with Crippen LogP contribution < -0.4 is 11.5 Å². The Labute approximate surface area is 86.4 Å². The van der Waals surface area contributed by atoms with Crippen LogP contribution in [0.25, 0.3) is 0 Å². The van der Waals surface area contributed by atoms with Gasteiger partial charge in [0.25, 0.3) is 0 Å². The Morgan fingerprint density at radius 3 is 2.20 bits per heavy atom. The van der Waals surface area contributed by atoms with E-state index in [4.69, 9.17) is 11.5 Å². The van der Waals surface area contributed by atoms with E-state index in [1.54, 1.807) is 6.92 Å². The lowest BCUT2D eigenvalue weighted by molar-refractivity contribution is -0.186. The van der Waals surface area contributed by atoms with E-state index in [0.29, 0.717) is 0 Å². The number of nitrogens with two attached hydrogens (primary N) is 2. The van der Waals surface area contributed by atoms with Gasteiger partial charge in [-0.05, 0) is 13.5 Å². The van der Waals surface area contributed by atoms with Crippen LogP contribution in [-0.2, 0) is 4.79 Å². The first-order valence-electron chi connectivity index (χ1n) is 4.51. The largest absolute Gasteiger partial charge is 0.405 e. The maximum absolute atomic E-state index is 12.6. The number of rotatable bonds is 5. The summed E-state index contributed by atoms with van der Waals surface area (Å²) in [5, 5.41) is 0. The van der Waals surface area contributed by atoms with Crippen molar-refractivity contribution in [3.8, 4) is 0 Å². The Bertz CT molecular complexity index is 220. The first-order chi connectivity index (χ1) is 6.70. The number of nitrogens with zero attached hydrogens (tertiary/aromatic N) is 1. The summed E-state index contributed by atoms with van der Waals surface area (Å²) in [4.78, 5) is 11.4. The lowest BCUT2D eigenvalue weighted by Gasteiger charge is -2.32. The van der Waals surface area contributed by atoms with E-state index in [1.165, 1.54) is 7.05 Å². The Morgan fingerprint density at radius 2 is 1.93 bits per heavy atom. The molecule has 7 heteroatoms. The Kier molecular flexibility index (Phi) is 5.02. The monoisotopic (exact) mass is 227 g/mol. The zero-order valence-electron chi connectivity index (χ0n) is 8.71. The molecule has 0 fully saturated rings. The van der Waals surface area contributed by atoms with Crippen molar-refractivity contribution in [3.63, 3.8) is 0 Å². The van der Waals surface area contributed by atoms with Crippen molar-refractivity contribution in [1.82, 2.24) is 4.90 Å². The van der Waals surface area contributed by atoms with Crippen LogP contribution in [0.1, 0.15) is 13.3 Å². The number of amides is 1. The highest BCUT2D eigenvalue weighted by Crippen LogP contribution is 2.26. The van der Waals surface area contributed by atoms with Crippen LogP contribution in [0, 0.1) is 0 Å². The lowest BCUT2D eigenvalue weighted by Crippen LogP contribution is -2.56. The van der Waals surface area contributed by atoms with E-state index < -0.39 is 30.7 Å². The molecule has 0 aliphatic carbocycles. The van der Waals surface area contributed by atoms with Crippen molar-refractivity contribution in [2.24, 2.45) is 11.5 Å².